The third-order valence-electron chi connectivity index (χ3n) is 2.00. The summed E-state index contributed by atoms with van der Waals surface area (Å²) < 4.78 is 4.73. The molecule has 1 rings (SSSR count). The second kappa shape index (κ2) is 7.55. The van der Waals surface area contributed by atoms with E-state index in [2.05, 4.69) is 10.6 Å². The Morgan fingerprint density at radius 1 is 1.39 bits per heavy atom. The van der Waals surface area contributed by atoms with Gasteiger partial charge < -0.3 is 15.4 Å². The van der Waals surface area contributed by atoms with Gasteiger partial charge in [-0.25, -0.2) is 4.79 Å². The average Bonchev–Trinajstić information content (AvgIpc) is 2.29. The van der Waals surface area contributed by atoms with Gasteiger partial charge in [0.05, 0.1) is 13.0 Å². The SMILES string of the molecule is CCOC(=O)CCNC(=O)Nc1cccc(Cl)c1. The van der Waals surface area contributed by atoms with Crippen LogP contribution in [0.4, 0.5) is 10.5 Å². The van der Waals surface area contributed by atoms with E-state index in [0.29, 0.717) is 17.3 Å². The maximum atomic E-state index is 11.4. The van der Waals surface area contributed by atoms with E-state index in [1.54, 1.807) is 31.2 Å². The molecule has 6 heteroatoms. The minimum Gasteiger partial charge on any atom is -0.466 e. The van der Waals surface area contributed by atoms with E-state index in [-0.39, 0.29) is 25.0 Å². The summed E-state index contributed by atoms with van der Waals surface area (Å²) in [5, 5.41) is 5.69. The standard InChI is InChI=1S/C12H15ClN2O3/c1-2-18-11(16)6-7-14-12(17)15-10-5-3-4-9(13)8-10/h3-5,8H,2,6-7H2,1H3,(H2,14,15,17). The number of hydrogen-bond donors (Lipinski definition) is 2. The predicted octanol–water partition coefficient (Wildman–Crippen LogP) is 2.41. The maximum absolute atomic E-state index is 11.4. The molecule has 0 radical (unpaired) electrons. The summed E-state index contributed by atoms with van der Waals surface area (Å²) in [7, 11) is 0. The minimum absolute atomic E-state index is 0.150. The van der Waals surface area contributed by atoms with E-state index in [1.165, 1.54) is 0 Å². The van der Waals surface area contributed by atoms with Crippen LogP contribution in [0.1, 0.15) is 13.3 Å². The van der Waals surface area contributed by atoms with Gasteiger partial charge in [0.2, 0.25) is 0 Å². The molecule has 0 aromatic heterocycles. The number of rotatable bonds is 5. The molecule has 0 unspecified atom stereocenters. The highest BCUT2D eigenvalue weighted by Gasteiger charge is 2.04. The monoisotopic (exact) mass is 270 g/mol. The van der Waals surface area contributed by atoms with Gasteiger partial charge in [0.1, 0.15) is 0 Å². The molecule has 5 nitrogen and oxygen atoms in total. The summed E-state index contributed by atoms with van der Waals surface area (Å²) in [4.78, 5) is 22.5. The Kier molecular flexibility index (Phi) is 6.00. The molecule has 0 heterocycles. The van der Waals surface area contributed by atoms with Gasteiger partial charge in [0.15, 0.2) is 0 Å². The molecule has 0 saturated heterocycles. The van der Waals surface area contributed by atoms with Crippen molar-refractivity contribution in [1.29, 1.82) is 0 Å². The van der Waals surface area contributed by atoms with Crippen molar-refractivity contribution in [3.8, 4) is 0 Å². The fourth-order valence-electron chi connectivity index (χ4n) is 1.25. The van der Waals surface area contributed by atoms with Crippen molar-refractivity contribution in [2.75, 3.05) is 18.5 Å². The first-order valence-electron chi connectivity index (χ1n) is 5.58. The van der Waals surface area contributed by atoms with Crippen molar-refractivity contribution in [3.63, 3.8) is 0 Å². The van der Waals surface area contributed by atoms with Crippen LogP contribution < -0.4 is 10.6 Å². The molecule has 0 aliphatic carbocycles. The molecule has 1 aromatic rings. The second-order valence-corrected chi connectivity index (χ2v) is 3.88. The molecule has 0 spiro atoms. The number of hydrogen-bond acceptors (Lipinski definition) is 3. The van der Waals surface area contributed by atoms with E-state index in [4.69, 9.17) is 16.3 Å². The van der Waals surface area contributed by atoms with E-state index < -0.39 is 0 Å². The van der Waals surface area contributed by atoms with Crippen LogP contribution in [-0.4, -0.2) is 25.2 Å². The lowest BCUT2D eigenvalue weighted by Crippen LogP contribution is -2.30. The number of esters is 1. The number of ether oxygens (including phenoxy) is 1. The zero-order chi connectivity index (χ0) is 13.4. The lowest BCUT2D eigenvalue weighted by Gasteiger charge is -2.07. The van der Waals surface area contributed by atoms with Crippen LogP contribution in [0.5, 0.6) is 0 Å². The highest BCUT2D eigenvalue weighted by molar-refractivity contribution is 6.30. The third-order valence-corrected chi connectivity index (χ3v) is 2.24. The summed E-state index contributed by atoms with van der Waals surface area (Å²) >= 11 is 5.78. The van der Waals surface area contributed by atoms with Crippen LogP contribution in [0.3, 0.4) is 0 Å². The van der Waals surface area contributed by atoms with Crippen molar-refractivity contribution >= 4 is 29.3 Å². The zero-order valence-electron chi connectivity index (χ0n) is 10.0. The van der Waals surface area contributed by atoms with Crippen molar-refractivity contribution in [2.24, 2.45) is 0 Å². The molecule has 2 amide bonds. The molecule has 98 valence electrons. The molecule has 0 aliphatic heterocycles. The first-order chi connectivity index (χ1) is 8.61. The van der Waals surface area contributed by atoms with Crippen LogP contribution in [0.2, 0.25) is 5.02 Å². The van der Waals surface area contributed by atoms with E-state index in [9.17, 15) is 9.59 Å². The normalized spacial score (nSPS) is 9.67. The maximum Gasteiger partial charge on any atom is 0.319 e. The van der Waals surface area contributed by atoms with Gasteiger partial charge in [0, 0.05) is 17.3 Å². The van der Waals surface area contributed by atoms with Crippen LogP contribution in [0, 0.1) is 0 Å². The van der Waals surface area contributed by atoms with Gasteiger partial charge in [0.25, 0.3) is 0 Å². The van der Waals surface area contributed by atoms with Crippen LogP contribution >= 0.6 is 11.6 Å². The Labute approximate surface area is 110 Å². The molecule has 0 atom stereocenters. The number of benzene rings is 1. The number of halogens is 1. The van der Waals surface area contributed by atoms with Gasteiger partial charge in [-0.05, 0) is 25.1 Å². The van der Waals surface area contributed by atoms with Crippen molar-refractivity contribution < 1.29 is 14.3 Å². The second-order valence-electron chi connectivity index (χ2n) is 3.45. The van der Waals surface area contributed by atoms with Crippen molar-refractivity contribution in [3.05, 3.63) is 29.3 Å². The molecule has 2 N–H and O–H groups in total. The van der Waals surface area contributed by atoms with Gasteiger partial charge >= 0.3 is 12.0 Å². The summed E-state index contributed by atoms with van der Waals surface area (Å²) in [5.41, 5.74) is 0.594. The predicted molar refractivity (Wildman–Crippen MR) is 69.7 cm³/mol. The van der Waals surface area contributed by atoms with E-state index >= 15 is 0 Å². The van der Waals surface area contributed by atoms with Gasteiger partial charge in [-0.2, -0.15) is 0 Å². The smallest absolute Gasteiger partial charge is 0.319 e. The Hall–Kier alpha value is -1.75. The third kappa shape index (κ3) is 5.54. The van der Waals surface area contributed by atoms with Crippen LogP contribution in [0.15, 0.2) is 24.3 Å². The number of amides is 2. The quantitative estimate of drug-likeness (QED) is 0.808. The molecule has 0 bridgehead atoms. The molecule has 18 heavy (non-hydrogen) atoms. The number of anilines is 1. The van der Waals surface area contributed by atoms with Gasteiger partial charge in [-0.1, -0.05) is 17.7 Å². The highest BCUT2D eigenvalue weighted by Crippen LogP contribution is 2.14. The summed E-state index contributed by atoms with van der Waals surface area (Å²) in [6, 6.07) is 6.41. The number of urea groups is 1. The topological polar surface area (TPSA) is 67.4 Å². The lowest BCUT2D eigenvalue weighted by molar-refractivity contribution is -0.142. The first-order valence-corrected chi connectivity index (χ1v) is 5.95. The molecule has 0 fully saturated rings. The van der Waals surface area contributed by atoms with E-state index in [1.807, 2.05) is 0 Å². The van der Waals surface area contributed by atoms with Crippen LogP contribution in [-0.2, 0) is 9.53 Å². The Bertz CT molecular complexity index is 424. The van der Waals surface area contributed by atoms with Crippen molar-refractivity contribution in [2.45, 2.75) is 13.3 Å². The van der Waals surface area contributed by atoms with E-state index in [0.717, 1.165) is 0 Å². The molecular weight excluding hydrogens is 256 g/mol. The fraction of sp³-hybridized carbons (Fsp3) is 0.333. The Morgan fingerprint density at radius 2 is 2.17 bits per heavy atom. The fourth-order valence-corrected chi connectivity index (χ4v) is 1.44. The number of nitrogens with one attached hydrogen (secondary N) is 2. The average molecular weight is 271 g/mol. The highest BCUT2D eigenvalue weighted by atomic mass is 35.5. The summed E-state index contributed by atoms with van der Waals surface area (Å²) in [5.74, 6) is -0.333. The summed E-state index contributed by atoms with van der Waals surface area (Å²) in [6.07, 6.45) is 0.150. The van der Waals surface area contributed by atoms with Gasteiger partial charge in [-0.15, -0.1) is 0 Å². The summed E-state index contributed by atoms with van der Waals surface area (Å²) in [6.45, 7) is 2.30. The first kappa shape index (κ1) is 14.3. The molecular formula is C12H15ClN2O3. The lowest BCUT2D eigenvalue weighted by atomic mass is 10.3. The van der Waals surface area contributed by atoms with Crippen LogP contribution in [0.25, 0.3) is 0 Å². The molecule has 0 saturated carbocycles. The minimum atomic E-state index is -0.387. The largest absolute Gasteiger partial charge is 0.466 e. The Balaban J connectivity index is 2.28. The van der Waals surface area contributed by atoms with Crippen molar-refractivity contribution in [1.82, 2.24) is 5.32 Å². The molecule has 0 aliphatic rings. The number of carbonyl (C=O) groups excluding carboxylic acids is 2. The van der Waals surface area contributed by atoms with Gasteiger partial charge in [-0.3, -0.25) is 4.79 Å². The Morgan fingerprint density at radius 3 is 2.83 bits per heavy atom. The number of carbonyl (C=O) groups is 2. The zero-order valence-corrected chi connectivity index (χ0v) is 10.8. The molecule has 1 aromatic carbocycles.